The van der Waals surface area contributed by atoms with E-state index in [0.717, 1.165) is 23.4 Å². The van der Waals surface area contributed by atoms with Crippen LogP contribution in [0.2, 0.25) is 0 Å². The minimum atomic E-state index is -1.30. The third kappa shape index (κ3) is 7.94. The number of anilines is 3. The molecule has 2 bridgehead atoms. The van der Waals surface area contributed by atoms with Crippen LogP contribution in [-0.2, 0) is 28.0 Å². The van der Waals surface area contributed by atoms with Crippen LogP contribution in [0.25, 0.3) is 11.2 Å². The molecule has 0 radical (unpaired) electrons. The number of nitrogen functional groups attached to an aromatic ring is 2. The number of hydrogen-bond donors (Lipinski definition) is 5. The molecule has 3 aliphatic rings. The zero-order valence-corrected chi connectivity index (χ0v) is 30.3. The lowest BCUT2D eigenvalue weighted by atomic mass is 9.52. The lowest BCUT2D eigenvalue weighted by Gasteiger charge is -2.58. The van der Waals surface area contributed by atoms with Gasteiger partial charge in [-0.2, -0.15) is 9.97 Å². The van der Waals surface area contributed by atoms with E-state index < -0.39 is 23.9 Å². The summed E-state index contributed by atoms with van der Waals surface area (Å²) in [5, 5.41) is 20.2. The summed E-state index contributed by atoms with van der Waals surface area (Å²) in [6.45, 7) is 1.63. The Morgan fingerprint density at radius 1 is 1.08 bits per heavy atom. The van der Waals surface area contributed by atoms with Crippen LogP contribution in [0.3, 0.4) is 0 Å². The summed E-state index contributed by atoms with van der Waals surface area (Å²) in [6, 6.07) is 12.8. The SMILES string of the molecule is CN(Cc1cnc2nc(N)nc(N)c2n1)c1ccc(C(=O)N[C@@H](CCC(=O)O)C(=O)O)cc1.COc1ccc2c(c1)[C@]13CCCC[C@@H]1[C@H](C2)N(C)CC3. The predicted molar refractivity (Wildman–Crippen MR) is 200 cm³/mol. The molecule has 2 fully saturated rings. The number of nitrogens with two attached hydrogens (primary N) is 2. The van der Waals surface area contributed by atoms with E-state index in [-0.39, 0.29) is 30.2 Å². The number of amides is 1. The lowest BCUT2D eigenvalue weighted by molar-refractivity contribution is -0.140. The van der Waals surface area contributed by atoms with E-state index in [9.17, 15) is 19.5 Å². The van der Waals surface area contributed by atoms with Gasteiger partial charge in [-0.25, -0.2) is 14.8 Å². The third-order valence-corrected chi connectivity index (χ3v) is 11.0. The Hall–Kier alpha value is -5.57. The number of aliphatic carboxylic acids is 2. The lowest BCUT2D eigenvalue weighted by Crippen LogP contribution is -2.59. The van der Waals surface area contributed by atoms with Crippen molar-refractivity contribution in [1.29, 1.82) is 0 Å². The molecule has 1 saturated heterocycles. The maximum absolute atomic E-state index is 12.4. The quantitative estimate of drug-likeness (QED) is 0.158. The Balaban J connectivity index is 0.000000203. The average Bonchev–Trinajstić information content (AvgIpc) is 3.15. The molecule has 15 heteroatoms. The Kier molecular flexibility index (Phi) is 10.9. The van der Waals surface area contributed by atoms with E-state index in [1.165, 1.54) is 57.2 Å². The van der Waals surface area contributed by atoms with Gasteiger partial charge in [0.1, 0.15) is 11.8 Å². The van der Waals surface area contributed by atoms with Crippen molar-refractivity contribution in [2.45, 2.75) is 75.4 Å². The van der Waals surface area contributed by atoms with Crippen LogP contribution in [0.15, 0.2) is 48.7 Å². The molecule has 2 aliphatic carbocycles. The topological polar surface area (TPSA) is 223 Å². The number of carboxylic acids is 2. The number of methoxy groups -OCH3 is 1. The number of carbonyl (C=O) groups is 3. The van der Waals surface area contributed by atoms with Gasteiger partial charge in [0.05, 0.1) is 25.5 Å². The normalized spacial score (nSPS) is 20.9. The van der Waals surface area contributed by atoms with Gasteiger partial charge in [0, 0.05) is 36.2 Å². The number of aromatic nitrogens is 4. The van der Waals surface area contributed by atoms with Crippen LogP contribution < -0.4 is 26.4 Å². The molecule has 4 atom stereocenters. The van der Waals surface area contributed by atoms with E-state index in [1.807, 2.05) is 11.9 Å². The molecule has 1 aliphatic heterocycles. The smallest absolute Gasteiger partial charge is 0.326 e. The first-order chi connectivity index (χ1) is 25.4. The van der Waals surface area contributed by atoms with Gasteiger partial charge in [0.25, 0.3) is 5.91 Å². The van der Waals surface area contributed by atoms with Gasteiger partial charge in [0.2, 0.25) is 5.95 Å². The molecule has 2 aromatic carbocycles. The number of likely N-dealkylation sites (tertiary alicyclic amines) is 1. The first kappa shape index (κ1) is 37.2. The highest BCUT2D eigenvalue weighted by Crippen LogP contribution is 2.55. The monoisotopic (exact) mass is 725 g/mol. The van der Waals surface area contributed by atoms with Gasteiger partial charge in [-0.05, 0) is 99.1 Å². The highest BCUT2D eigenvalue weighted by molar-refractivity contribution is 5.97. The minimum absolute atomic E-state index is 0.0138. The molecule has 2 aromatic heterocycles. The van der Waals surface area contributed by atoms with Gasteiger partial charge in [-0.1, -0.05) is 18.9 Å². The van der Waals surface area contributed by atoms with Gasteiger partial charge in [0.15, 0.2) is 17.0 Å². The van der Waals surface area contributed by atoms with Crippen LogP contribution in [0.5, 0.6) is 5.75 Å². The van der Waals surface area contributed by atoms with Crippen molar-refractivity contribution in [1.82, 2.24) is 30.2 Å². The Morgan fingerprint density at radius 2 is 1.85 bits per heavy atom. The summed E-state index contributed by atoms with van der Waals surface area (Å²) in [4.78, 5) is 55.3. The van der Waals surface area contributed by atoms with Gasteiger partial charge in [-0.3, -0.25) is 9.59 Å². The molecule has 0 spiro atoms. The summed E-state index contributed by atoms with van der Waals surface area (Å²) >= 11 is 0. The summed E-state index contributed by atoms with van der Waals surface area (Å²) < 4.78 is 5.51. The average molecular weight is 726 g/mol. The number of benzene rings is 2. The number of hydrogen-bond acceptors (Lipinski definition) is 12. The molecule has 1 amide bonds. The minimum Gasteiger partial charge on any atom is -0.497 e. The number of likely N-dealkylation sites (N-methyl/N-ethyl adjacent to an activating group) is 1. The molecule has 15 nitrogen and oxygen atoms in total. The van der Waals surface area contributed by atoms with E-state index in [4.69, 9.17) is 21.3 Å². The fraction of sp³-hybridized carbons (Fsp3) is 0.447. The van der Waals surface area contributed by atoms with Crippen molar-refractivity contribution >= 4 is 46.5 Å². The number of piperidine rings is 1. The summed E-state index contributed by atoms with van der Waals surface area (Å²) in [5.41, 5.74) is 17.3. The van der Waals surface area contributed by atoms with E-state index >= 15 is 0 Å². The van der Waals surface area contributed by atoms with Crippen molar-refractivity contribution in [3.8, 4) is 5.75 Å². The van der Waals surface area contributed by atoms with Gasteiger partial charge >= 0.3 is 11.9 Å². The van der Waals surface area contributed by atoms with Crippen LogP contribution >= 0.6 is 0 Å². The second kappa shape index (κ2) is 15.6. The van der Waals surface area contributed by atoms with Crippen molar-refractivity contribution in [2.75, 3.05) is 44.1 Å². The van der Waals surface area contributed by atoms with E-state index in [2.05, 4.69) is 55.4 Å². The van der Waals surface area contributed by atoms with Gasteiger partial charge < -0.3 is 41.5 Å². The molecule has 0 unspecified atom stereocenters. The van der Waals surface area contributed by atoms with Crippen molar-refractivity contribution in [3.05, 3.63) is 71.0 Å². The fourth-order valence-corrected chi connectivity index (χ4v) is 8.33. The number of rotatable bonds is 10. The predicted octanol–water partition coefficient (Wildman–Crippen LogP) is 3.65. The largest absolute Gasteiger partial charge is 0.497 e. The Labute approximate surface area is 307 Å². The number of nitrogens with zero attached hydrogens (tertiary/aromatic N) is 6. The molecule has 4 aromatic rings. The summed E-state index contributed by atoms with van der Waals surface area (Å²) in [5.74, 6) is -0.996. The highest BCUT2D eigenvalue weighted by Gasteiger charge is 2.53. The second-order valence-electron chi connectivity index (χ2n) is 14.2. The molecule has 280 valence electrons. The number of carboxylic acid groups (broad SMARTS) is 2. The van der Waals surface area contributed by atoms with Crippen LogP contribution in [-0.4, -0.2) is 92.7 Å². The standard InChI is InChI=1S/C20H22N8O5.C18H25NO/c1-28(9-11-8-23-17-15(24-11)16(21)26-20(22)27-17)12-4-2-10(3-5-12)18(31)25-13(19(32)33)6-7-14(29)30;1-19-10-9-18-8-4-3-5-15(18)17(19)11-13-6-7-14(20-2)12-16(13)18/h2-5,8,13H,6-7,9H2,1H3,(H,25,31)(H,29,30)(H,32,33)(H4,21,22,23,26,27);6-7,12,15,17H,3-5,8-11H2,1-2H3/t13-;15-,17+,18+/m01/s1. The first-order valence-electron chi connectivity index (χ1n) is 17.9. The fourth-order valence-electron chi connectivity index (χ4n) is 8.33. The maximum atomic E-state index is 12.4. The zero-order chi connectivity index (χ0) is 37.9. The molecule has 53 heavy (non-hydrogen) atoms. The van der Waals surface area contributed by atoms with Crippen LogP contribution in [0.1, 0.15) is 72.1 Å². The number of ether oxygens (including phenoxy) is 1. The molecular weight excluding hydrogens is 678 g/mol. The molecular formula is C38H47N9O6. The number of nitrogens with one attached hydrogen (secondary N) is 1. The van der Waals surface area contributed by atoms with Crippen LogP contribution in [0.4, 0.5) is 17.5 Å². The second-order valence-corrected chi connectivity index (χ2v) is 14.2. The first-order valence-corrected chi connectivity index (χ1v) is 17.9. The number of fused-ring (bicyclic) bond motifs is 2. The van der Waals surface area contributed by atoms with E-state index in [0.29, 0.717) is 28.8 Å². The maximum Gasteiger partial charge on any atom is 0.326 e. The molecule has 3 heterocycles. The third-order valence-electron chi connectivity index (χ3n) is 11.0. The van der Waals surface area contributed by atoms with Crippen LogP contribution in [0, 0.1) is 5.92 Å². The summed E-state index contributed by atoms with van der Waals surface area (Å²) in [7, 11) is 5.94. The van der Waals surface area contributed by atoms with E-state index in [1.54, 1.807) is 36.6 Å². The Morgan fingerprint density at radius 3 is 2.57 bits per heavy atom. The number of carbonyl (C=O) groups excluding carboxylic acids is 1. The Bertz CT molecular complexity index is 1990. The highest BCUT2D eigenvalue weighted by atomic mass is 16.5. The van der Waals surface area contributed by atoms with Gasteiger partial charge in [-0.15, -0.1) is 0 Å². The molecule has 7 rings (SSSR count). The molecule has 1 saturated carbocycles. The molecule has 7 N–H and O–H groups in total. The zero-order valence-electron chi connectivity index (χ0n) is 30.3. The van der Waals surface area contributed by atoms with Crippen molar-refractivity contribution < 1.29 is 29.3 Å². The summed E-state index contributed by atoms with van der Waals surface area (Å²) in [6.07, 6.45) is 9.19. The van der Waals surface area contributed by atoms with Crippen molar-refractivity contribution in [2.24, 2.45) is 5.92 Å². The van der Waals surface area contributed by atoms with Crippen molar-refractivity contribution in [3.63, 3.8) is 0 Å².